The Labute approximate surface area is 115 Å². The highest BCUT2D eigenvalue weighted by Gasteiger charge is 2.11. The lowest BCUT2D eigenvalue weighted by atomic mass is 9.98. The van der Waals surface area contributed by atoms with E-state index in [1.165, 1.54) is 16.7 Å². The predicted octanol–water partition coefficient (Wildman–Crippen LogP) is 3.66. The molecule has 0 fully saturated rings. The van der Waals surface area contributed by atoms with Crippen molar-refractivity contribution in [3.05, 3.63) is 59.0 Å². The van der Waals surface area contributed by atoms with Gasteiger partial charge in [0.1, 0.15) is 5.76 Å². The van der Waals surface area contributed by atoms with Crippen LogP contribution in [0.15, 0.2) is 41.0 Å². The van der Waals surface area contributed by atoms with Crippen molar-refractivity contribution in [2.75, 3.05) is 6.54 Å². The largest absolute Gasteiger partial charge is 0.469 e. The fourth-order valence-corrected chi connectivity index (χ4v) is 2.39. The first-order valence-corrected chi connectivity index (χ1v) is 7.01. The number of hydrogen-bond donors (Lipinski definition) is 1. The molecule has 0 aliphatic rings. The van der Waals surface area contributed by atoms with Crippen LogP contribution >= 0.6 is 0 Å². The standard InChI is InChI=1S/C17H23NO/c1-4-18-16(12-17-6-5-9-19-17)11-15-8-7-13(2)14(3)10-15/h5-10,16,18H,4,11-12H2,1-3H3. The monoisotopic (exact) mass is 257 g/mol. The van der Waals surface area contributed by atoms with Gasteiger partial charge in [0, 0.05) is 12.5 Å². The van der Waals surface area contributed by atoms with Crippen molar-refractivity contribution in [1.29, 1.82) is 0 Å². The summed E-state index contributed by atoms with van der Waals surface area (Å²) in [6.45, 7) is 7.46. The molecule has 2 heteroatoms. The van der Waals surface area contributed by atoms with Crippen molar-refractivity contribution >= 4 is 0 Å². The highest BCUT2D eigenvalue weighted by Crippen LogP contribution is 2.14. The summed E-state index contributed by atoms with van der Waals surface area (Å²) in [6.07, 6.45) is 3.72. The molecule has 0 bridgehead atoms. The van der Waals surface area contributed by atoms with Gasteiger partial charge < -0.3 is 9.73 Å². The SMILES string of the molecule is CCNC(Cc1ccc(C)c(C)c1)Cc1ccco1. The van der Waals surface area contributed by atoms with E-state index in [0.29, 0.717) is 6.04 Å². The van der Waals surface area contributed by atoms with E-state index in [1.807, 2.05) is 12.1 Å². The highest BCUT2D eigenvalue weighted by atomic mass is 16.3. The molecule has 0 spiro atoms. The van der Waals surface area contributed by atoms with Crippen molar-refractivity contribution in [3.63, 3.8) is 0 Å². The van der Waals surface area contributed by atoms with Crippen molar-refractivity contribution in [3.8, 4) is 0 Å². The molecule has 2 aromatic rings. The van der Waals surface area contributed by atoms with Gasteiger partial charge >= 0.3 is 0 Å². The molecule has 2 rings (SSSR count). The van der Waals surface area contributed by atoms with Gasteiger partial charge in [0.2, 0.25) is 0 Å². The summed E-state index contributed by atoms with van der Waals surface area (Å²) < 4.78 is 5.45. The first-order valence-electron chi connectivity index (χ1n) is 7.01. The molecule has 0 saturated carbocycles. The van der Waals surface area contributed by atoms with E-state index in [1.54, 1.807) is 6.26 Å². The van der Waals surface area contributed by atoms with E-state index in [2.05, 4.69) is 44.3 Å². The van der Waals surface area contributed by atoms with Gasteiger partial charge in [-0.05, 0) is 55.6 Å². The third-order valence-corrected chi connectivity index (χ3v) is 3.57. The molecule has 0 aliphatic heterocycles. The molecule has 2 nitrogen and oxygen atoms in total. The molecule has 0 aliphatic carbocycles. The summed E-state index contributed by atoms with van der Waals surface area (Å²) in [6, 6.07) is 11.2. The fraction of sp³-hybridized carbons (Fsp3) is 0.412. The topological polar surface area (TPSA) is 25.2 Å². The first-order chi connectivity index (χ1) is 9.19. The van der Waals surface area contributed by atoms with E-state index in [-0.39, 0.29) is 0 Å². The van der Waals surface area contributed by atoms with Gasteiger partial charge in [-0.15, -0.1) is 0 Å². The minimum Gasteiger partial charge on any atom is -0.469 e. The number of nitrogens with one attached hydrogen (secondary N) is 1. The van der Waals surface area contributed by atoms with Crippen LogP contribution in [0.25, 0.3) is 0 Å². The minimum absolute atomic E-state index is 0.429. The Kier molecular flexibility index (Phi) is 4.80. The van der Waals surface area contributed by atoms with Crippen molar-refractivity contribution in [1.82, 2.24) is 5.32 Å². The van der Waals surface area contributed by atoms with Gasteiger partial charge in [0.05, 0.1) is 6.26 Å². The summed E-state index contributed by atoms with van der Waals surface area (Å²) in [7, 11) is 0. The van der Waals surface area contributed by atoms with E-state index < -0.39 is 0 Å². The molecule has 1 aromatic carbocycles. The Morgan fingerprint density at radius 2 is 1.95 bits per heavy atom. The molecule has 1 heterocycles. The van der Waals surface area contributed by atoms with E-state index in [0.717, 1.165) is 25.1 Å². The third-order valence-electron chi connectivity index (χ3n) is 3.57. The summed E-state index contributed by atoms with van der Waals surface area (Å²) in [4.78, 5) is 0. The number of benzene rings is 1. The summed E-state index contributed by atoms with van der Waals surface area (Å²) in [5.74, 6) is 1.05. The molecule has 102 valence electrons. The van der Waals surface area contributed by atoms with Crippen molar-refractivity contribution in [2.24, 2.45) is 0 Å². The van der Waals surface area contributed by atoms with Crippen LogP contribution in [0, 0.1) is 13.8 Å². The number of hydrogen-bond acceptors (Lipinski definition) is 2. The van der Waals surface area contributed by atoms with Crippen molar-refractivity contribution < 1.29 is 4.42 Å². The van der Waals surface area contributed by atoms with Gasteiger partial charge in [0.15, 0.2) is 0 Å². The second-order valence-corrected chi connectivity index (χ2v) is 5.16. The summed E-state index contributed by atoms with van der Waals surface area (Å²) in [5, 5.41) is 3.54. The molecule has 1 aromatic heterocycles. The third kappa shape index (κ3) is 3.97. The van der Waals surface area contributed by atoms with E-state index in [9.17, 15) is 0 Å². The van der Waals surface area contributed by atoms with Crippen LogP contribution in [0.3, 0.4) is 0 Å². The first kappa shape index (κ1) is 13.9. The maximum atomic E-state index is 5.45. The highest BCUT2D eigenvalue weighted by molar-refractivity contribution is 5.30. The van der Waals surface area contributed by atoms with Crippen LogP contribution in [0.5, 0.6) is 0 Å². The summed E-state index contributed by atoms with van der Waals surface area (Å²) >= 11 is 0. The zero-order valence-electron chi connectivity index (χ0n) is 12.1. The zero-order chi connectivity index (χ0) is 13.7. The van der Waals surface area contributed by atoms with Crippen LogP contribution in [0.1, 0.15) is 29.4 Å². The van der Waals surface area contributed by atoms with Gasteiger partial charge in [-0.2, -0.15) is 0 Å². The fourth-order valence-electron chi connectivity index (χ4n) is 2.39. The lowest BCUT2D eigenvalue weighted by molar-refractivity contribution is 0.444. The van der Waals surface area contributed by atoms with Crippen LogP contribution in [-0.2, 0) is 12.8 Å². The van der Waals surface area contributed by atoms with Gasteiger partial charge in [-0.1, -0.05) is 25.1 Å². The van der Waals surface area contributed by atoms with E-state index in [4.69, 9.17) is 4.42 Å². The van der Waals surface area contributed by atoms with Crippen LogP contribution in [0.2, 0.25) is 0 Å². The lowest BCUT2D eigenvalue weighted by Gasteiger charge is -2.17. The number of rotatable bonds is 6. The predicted molar refractivity (Wildman–Crippen MR) is 79.5 cm³/mol. The Morgan fingerprint density at radius 3 is 2.58 bits per heavy atom. The maximum Gasteiger partial charge on any atom is 0.105 e. The number of furan rings is 1. The molecule has 1 N–H and O–H groups in total. The second kappa shape index (κ2) is 6.58. The van der Waals surface area contributed by atoms with Gasteiger partial charge in [-0.3, -0.25) is 0 Å². The van der Waals surface area contributed by atoms with E-state index >= 15 is 0 Å². The maximum absolute atomic E-state index is 5.45. The molecule has 1 atom stereocenters. The summed E-state index contributed by atoms with van der Waals surface area (Å²) in [5.41, 5.74) is 4.11. The van der Waals surface area contributed by atoms with Gasteiger partial charge in [0.25, 0.3) is 0 Å². The van der Waals surface area contributed by atoms with Crippen molar-refractivity contribution in [2.45, 2.75) is 39.7 Å². The lowest BCUT2D eigenvalue weighted by Crippen LogP contribution is -2.32. The quantitative estimate of drug-likeness (QED) is 0.854. The zero-order valence-corrected chi connectivity index (χ0v) is 12.1. The molecule has 0 amide bonds. The molecule has 0 saturated heterocycles. The Balaban J connectivity index is 2.05. The molecule has 19 heavy (non-hydrogen) atoms. The van der Waals surface area contributed by atoms with Crippen LogP contribution in [-0.4, -0.2) is 12.6 Å². The Morgan fingerprint density at radius 1 is 1.11 bits per heavy atom. The molecule has 1 unspecified atom stereocenters. The van der Waals surface area contributed by atoms with Crippen LogP contribution in [0.4, 0.5) is 0 Å². The smallest absolute Gasteiger partial charge is 0.105 e. The minimum atomic E-state index is 0.429. The molecular formula is C17H23NO. The van der Waals surface area contributed by atoms with Gasteiger partial charge in [-0.25, -0.2) is 0 Å². The number of aryl methyl sites for hydroxylation is 2. The Hall–Kier alpha value is -1.54. The second-order valence-electron chi connectivity index (χ2n) is 5.16. The van der Waals surface area contributed by atoms with Crippen LogP contribution < -0.4 is 5.32 Å². The Bertz CT molecular complexity index is 502. The molecular weight excluding hydrogens is 234 g/mol. The average Bonchev–Trinajstić information content (AvgIpc) is 2.87. The normalized spacial score (nSPS) is 12.6. The average molecular weight is 257 g/mol. The molecule has 0 radical (unpaired) electrons. The number of likely N-dealkylation sites (N-methyl/N-ethyl adjacent to an activating group) is 1.